The Balaban J connectivity index is 1.82. The van der Waals surface area contributed by atoms with Gasteiger partial charge in [-0.3, -0.25) is 0 Å². The van der Waals surface area contributed by atoms with Gasteiger partial charge < -0.3 is 10.8 Å². The summed E-state index contributed by atoms with van der Waals surface area (Å²) < 4.78 is 0. The number of aryl methyl sites for hydroxylation is 2. The standard InChI is InChI=1S/C17H25NO/c18-12-17(9-2-1-6-16(17)19)11-13-7-8-14-4-3-5-15(14)10-13/h7-8,10,16,19H,1-6,9,11-12,18H2. The second-order valence-corrected chi connectivity index (χ2v) is 6.46. The third-order valence-corrected chi connectivity index (χ3v) is 5.23. The highest BCUT2D eigenvalue weighted by Crippen LogP contribution is 2.39. The predicted molar refractivity (Wildman–Crippen MR) is 78.1 cm³/mol. The van der Waals surface area contributed by atoms with Gasteiger partial charge in [0.1, 0.15) is 0 Å². The summed E-state index contributed by atoms with van der Waals surface area (Å²) in [6.07, 6.45) is 8.82. The van der Waals surface area contributed by atoms with Crippen LogP contribution in [-0.4, -0.2) is 17.8 Å². The van der Waals surface area contributed by atoms with Crippen molar-refractivity contribution in [3.05, 3.63) is 34.9 Å². The molecule has 0 aliphatic heterocycles. The maximum Gasteiger partial charge on any atom is 0.0611 e. The number of hydrogen-bond donors (Lipinski definition) is 2. The van der Waals surface area contributed by atoms with Gasteiger partial charge in [-0.1, -0.05) is 31.0 Å². The molecule has 19 heavy (non-hydrogen) atoms. The van der Waals surface area contributed by atoms with E-state index in [1.807, 2.05) is 0 Å². The summed E-state index contributed by atoms with van der Waals surface area (Å²) in [5.74, 6) is 0. The normalized spacial score (nSPS) is 30.3. The maximum atomic E-state index is 10.4. The molecule has 2 unspecified atom stereocenters. The van der Waals surface area contributed by atoms with E-state index in [2.05, 4.69) is 18.2 Å². The molecule has 0 aromatic heterocycles. The first kappa shape index (κ1) is 13.1. The quantitative estimate of drug-likeness (QED) is 0.876. The number of rotatable bonds is 3. The summed E-state index contributed by atoms with van der Waals surface area (Å²) in [5.41, 5.74) is 10.4. The number of nitrogens with two attached hydrogens (primary N) is 1. The van der Waals surface area contributed by atoms with E-state index in [9.17, 15) is 5.11 Å². The smallest absolute Gasteiger partial charge is 0.0611 e. The molecule has 3 N–H and O–H groups in total. The minimum absolute atomic E-state index is 0.0783. The second-order valence-electron chi connectivity index (χ2n) is 6.46. The van der Waals surface area contributed by atoms with Crippen molar-refractivity contribution in [1.29, 1.82) is 0 Å². The highest BCUT2D eigenvalue weighted by molar-refractivity contribution is 5.35. The van der Waals surface area contributed by atoms with E-state index in [4.69, 9.17) is 5.73 Å². The summed E-state index contributed by atoms with van der Waals surface area (Å²) in [5, 5.41) is 10.4. The summed E-state index contributed by atoms with van der Waals surface area (Å²) in [6, 6.07) is 6.90. The lowest BCUT2D eigenvalue weighted by Crippen LogP contribution is -2.45. The predicted octanol–water partition coefficient (Wildman–Crippen LogP) is 2.60. The Morgan fingerprint density at radius 1 is 1.16 bits per heavy atom. The lowest BCUT2D eigenvalue weighted by Gasteiger charge is -2.41. The molecule has 0 saturated heterocycles. The van der Waals surface area contributed by atoms with Gasteiger partial charge in [-0.15, -0.1) is 0 Å². The minimum atomic E-state index is -0.223. The second kappa shape index (κ2) is 5.26. The average Bonchev–Trinajstić information content (AvgIpc) is 2.89. The summed E-state index contributed by atoms with van der Waals surface area (Å²) in [4.78, 5) is 0. The summed E-state index contributed by atoms with van der Waals surface area (Å²) >= 11 is 0. The van der Waals surface area contributed by atoms with Gasteiger partial charge in [-0.05, 0) is 55.2 Å². The van der Waals surface area contributed by atoms with Crippen LogP contribution in [0.15, 0.2) is 18.2 Å². The molecule has 1 fully saturated rings. The molecule has 0 spiro atoms. The monoisotopic (exact) mass is 259 g/mol. The fourth-order valence-corrected chi connectivity index (χ4v) is 3.95. The molecular weight excluding hydrogens is 234 g/mol. The number of aliphatic hydroxyl groups excluding tert-OH is 1. The van der Waals surface area contributed by atoms with Crippen molar-refractivity contribution in [2.75, 3.05) is 6.54 Å². The summed E-state index contributed by atoms with van der Waals surface area (Å²) in [7, 11) is 0. The van der Waals surface area contributed by atoms with Gasteiger partial charge in [-0.2, -0.15) is 0 Å². The van der Waals surface area contributed by atoms with Gasteiger partial charge in [0, 0.05) is 12.0 Å². The van der Waals surface area contributed by atoms with Gasteiger partial charge in [0.2, 0.25) is 0 Å². The van der Waals surface area contributed by atoms with Crippen LogP contribution in [0.3, 0.4) is 0 Å². The highest BCUT2D eigenvalue weighted by Gasteiger charge is 2.38. The van der Waals surface area contributed by atoms with Gasteiger partial charge in [0.25, 0.3) is 0 Å². The number of hydrogen-bond acceptors (Lipinski definition) is 2. The van der Waals surface area contributed by atoms with Crippen LogP contribution < -0.4 is 5.73 Å². The number of fused-ring (bicyclic) bond motifs is 1. The Bertz CT molecular complexity index is 457. The largest absolute Gasteiger partial charge is 0.392 e. The van der Waals surface area contributed by atoms with Crippen molar-refractivity contribution in [3.8, 4) is 0 Å². The van der Waals surface area contributed by atoms with E-state index in [0.29, 0.717) is 6.54 Å². The Morgan fingerprint density at radius 3 is 2.79 bits per heavy atom. The average molecular weight is 259 g/mol. The van der Waals surface area contributed by atoms with Crippen molar-refractivity contribution in [1.82, 2.24) is 0 Å². The van der Waals surface area contributed by atoms with Crippen LogP contribution in [-0.2, 0) is 19.3 Å². The van der Waals surface area contributed by atoms with Crippen LogP contribution in [0.5, 0.6) is 0 Å². The fourth-order valence-electron chi connectivity index (χ4n) is 3.95. The maximum absolute atomic E-state index is 10.4. The van der Waals surface area contributed by atoms with Crippen molar-refractivity contribution in [3.63, 3.8) is 0 Å². The van der Waals surface area contributed by atoms with E-state index in [1.54, 1.807) is 0 Å². The Hall–Kier alpha value is -0.860. The summed E-state index contributed by atoms with van der Waals surface area (Å²) in [6.45, 7) is 0.602. The molecule has 2 aliphatic carbocycles. The lowest BCUT2D eigenvalue weighted by atomic mass is 9.68. The highest BCUT2D eigenvalue weighted by atomic mass is 16.3. The molecule has 3 rings (SSSR count). The topological polar surface area (TPSA) is 46.2 Å². The van der Waals surface area contributed by atoms with Crippen molar-refractivity contribution >= 4 is 0 Å². The van der Waals surface area contributed by atoms with Crippen molar-refractivity contribution in [2.24, 2.45) is 11.1 Å². The van der Waals surface area contributed by atoms with Crippen molar-refractivity contribution < 1.29 is 5.11 Å². The van der Waals surface area contributed by atoms with Gasteiger partial charge in [-0.25, -0.2) is 0 Å². The molecule has 2 nitrogen and oxygen atoms in total. The van der Waals surface area contributed by atoms with E-state index >= 15 is 0 Å². The third-order valence-electron chi connectivity index (χ3n) is 5.23. The van der Waals surface area contributed by atoms with E-state index in [1.165, 1.54) is 42.4 Å². The zero-order chi connectivity index (χ0) is 13.3. The molecular formula is C17H25NO. The zero-order valence-corrected chi connectivity index (χ0v) is 11.7. The first-order valence-corrected chi connectivity index (χ1v) is 7.72. The van der Waals surface area contributed by atoms with Crippen LogP contribution in [0.2, 0.25) is 0 Å². The van der Waals surface area contributed by atoms with Crippen LogP contribution in [0.1, 0.15) is 48.8 Å². The molecule has 2 heteroatoms. The fraction of sp³-hybridized carbons (Fsp3) is 0.647. The van der Waals surface area contributed by atoms with E-state index < -0.39 is 0 Å². The molecule has 0 amide bonds. The Morgan fingerprint density at radius 2 is 2.00 bits per heavy atom. The minimum Gasteiger partial charge on any atom is -0.392 e. The molecule has 1 aromatic carbocycles. The molecule has 104 valence electrons. The molecule has 2 atom stereocenters. The first-order chi connectivity index (χ1) is 9.23. The Kier molecular flexibility index (Phi) is 3.64. The van der Waals surface area contributed by atoms with Gasteiger partial charge in [0.05, 0.1) is 6.10 Å². The molecule has 1 saturated carbocycles. The van der Waals surface area contributed by atoms with Crippen molar-refractivity contribution in [2.45, 2.75) is 57.5 Å². The Labute approximate surface area is 116 Å². The molecule has 2 aliphatic rings. The van der Waals surface area contributed by atoms with Crippen LogP contribution >= 0.6 is 0 Å². The van der Waals surface area contributed by atoms with Crippen LogP contribution in [0.25, 0.3) is 0 Å². The lowest BCUT2D eigenvalue weighted by molar-refractivity contribution is -0.00585. The van der Waals surface area contributed by atoms with Crippen LogP contribution in [0.4, 0.5) is 0 Å². The van der Waals surface area contributed by atoms with Gasteiger partial charge >= 0.3 is 0 Å². The molecule has 0 heterocycles. The number of aliphatic hydroxyl groups is 1. The first-order valence-electron chi connectivity index (χ1n) is 7.72. The SMILES string of the molecule is NCC1(Cc2ccc3c(c2)CCC3)CCCCC1O. The number of benzene rings is 1. The van der Waals surface area contributed by atoms with Gasteiger partial charge in [0.15, 0.2) is 0 Å². The zero-order valence-electron chi connectivity index (χ0n) is 11.7. The molecule has 0 radical (unpaired) electrons. The van der Waals surface area contributed by atoms with Crippen LogP contribution in [0, 0.1) is 5.41 Å². The van der Waals surface area contributed by atoms with E-state index in [-0.39, 0.29) is 11.5 Å². The molecule has 0 bridgehead atoms. The third kappa shape index (κ3) is 2.44. The van der Waals surface area contributed by atoms with E-state index in [0.717, 1.165) is 25.7 Å². The molecule has 1 aromatic rings.